The van der Waals surface area contributed by atoms with Crippen LogP contribution in [0.1, 0.15) is 25.0 Å². The molecule has 2 fully saturated rings. The molecule has 1 aromatic carbocycles. The highest BCUT2D eigenvalue weighted by atomic mass is 16.2. The minimum absolute atomic E-state index is 0.0159. The number of carbonyl (C=O) groups excluding carboxylic acids is 2. The molecule has 0 saturated carbocycles. The van der Waals surface area contributed by atoms with Crippen molar-refractivity contribution in [1.29, 1.82) is 0 Å². The lowest BCUT2D eigenvalue weighted by Crippen LogP contribution is -2.70. The van der Waals surface area contributed by atoms with E-state index >= 15 is 0 Å². The van der Waals surface area contributed by atoms with E-state index in [0.29, 0.717) is 13.1 Å². The normalized spacial score (nSPS) is 25.5. The van der Waals surface area contributed by atoms with E-state index in [2.05, 4.69) is 29.3 Å². The third kappa shape index (κ3) is 3.11. The summed E-state index contributed by atoms with van der Waals surface area (Å²) in [5, 5.41) is 2.90. The monoisotopic (exact) mass is 315 g/mol. The first kappa shape index (κ1) is 16.0. The first-order valence-electron chi connectivity index (χ1n) is 8.35. The Kier molecular flexibility index (Phi) is 4.39. The van der Waals surface area contributed by atoms with Gasteiger partial charge in [0, 0.05) is 26.2 Å². The van der Waals surface area contributed by atoms with E-state index in [1.165, 1.54) is 11.1 Å². The number of aryl methyl sites for hydroxylation is 1. The van der Waals surface area contributed by atoms with E-state index < -0.39 is 0 Å². The zero-order valence-corrected chi connectivity index (χ0v) is 14.1. The second kappa shape index (κ2) is 6.32. The van der Waals surface area contributed by atoms with E-state index in [4.69, 9.17) is 0 Å². The Morgan fingerprint density at radius 3 is 2.65 bits per heavy atom. The van der Waals surface area contributed by atoms with Gasteiger partial charge >= 0.3 is 0 Å². The van der Waals surface area contributed by atoms with Crippen LogP contribution in [-0.2, 0) is 16.1 Å². The summed E-state index contributed by atoms with van der Waals surface area (Å²) in [5.41, 5.74) is 2.54. The average Bonchev–Trinajstić information content (AvgIpc) is 2.53. The Bertz CT molecular complexity index is 614. The minimum atomic E-state index is -0.373. The predicted octanol–water partition coefficient (Wildman–Crippen LogP) is 1.16. The number of nitrogens with zero attached hydrogens (tertiary/aromatic N) is 2. The lowest BCUT2D eigenvalue weighted by atomic mass is 9.96. The zero-order chi connectivity index (χ0) is 16.6. The summed E-state index contributed by atoms with van der Waals surface area (Å²) < 4.78 is 0. The summed E-state index contributed by atoms with van der Waals surface area (Å²) in [6.07, 6.45) is 0. The Labute approximate surface area is 137 Å². The molecule has 1 aromatic rings. The standard InChI is InChI=1S/C18H25N3O2/c1-12(2)16-18(23)21-9-8-20(11-15(21)17(22)19-16)10-14-7-5-4-6-13(14)3/h4-7,12,15-16H,8-11H2,1-3H3,(H,19,22)/t15-,16+/m1/s1. The second-order valence-electron chi connectivity index (χ2n) is 6.94. The van der Waals surface area contributed by atoms with Crippen LogP contribution in [0.2, 0.25) is 0 Å². The van der Waals surface area contributed by atoms with Crippen molar-refractivity contribution in [3.63, 3.8) is 0 Å². The van der Waals surface area contributed by atoms with Gasteiger partial charge in [-0.2, -0.15) is 0 Å². The van der Waals surface area contributed by atoms with Gasteiger partial charge in [-0.1, -0.05) is 38.1 Å². The largest absolute Gasteiger partial charge is 0.342 e. The molecule has 23 heavy (non-hydrogen) atoms. The quantitative estimate of drug-likeness (QED) is 0.911. The molecule has 3 rings (SSSR count). The lowest BCUT2D eigenvalue weighted by Gasteiger charge is -2.46. The first-order valence-corrected chi connectivity index (χ1v) is 8.35. The molecule has 0 bridgehead atoms. The summed E-state index contributed by atoms with van der Waals surface area (Å²) in [4.78, 5) is 29.0. The van der Waals surface area contributed by atoms with Crippen LogP contribution in [-0.4, -0.2) is 53.3 Å². The van der Waals surface area contributed by atoms with Gasteiger partial charge in [0.2, 0.25) is 11.8 Å². The number of rotatable bonds is 3. The van der Waals surface area contributed by atoms with Crippen LogP contribution in [0.5, 0.6) is 0 Å². The molecule has 0 aromatic heterocycles. The molecule has 0 spiro atoms. The van der Waals surface area contributed by atoms with Crippen LogP contribution in [0.25, 0.3) is 0 Å². The third-order valence-corrected chi connectivity index (χ3v) is 4.94. The molecule has 2 aliphatic heterocycles. The summed E-state index contributed by atoms with van der Waals surface area (Å²) in [5.74, 6) is 0.176. The molecule has 1 N–H and O–H groups in total. The number of benzene rings is 1. The number of hydrogen-bond donors (Lipinski definition) is 1. The van der Waals surface area contributed by atoms with Crippen molar-refractivity contribution >= 4 is 11.8 Å². The topological polar surface area (TPSA) is 52.6 Å². The van der Waals surface area contributed by atoms with Crippen LogP contribution in [0.3, 0.4) is 0 Å². The number of piperazine rings is 2. The molecule has 2 amide bonds. The maximum Gasteiger partial charge on any atom is 0.246 e. The van der Waals surface area contributed by atoms with E-state index in [9.17, 15) is 9.59 Å². The maximum absolute atomic E-state index is 12.6. The molecule has 2 heterocycles. The van der Waals surface area contributed by atoms with Gasteiger partial charge in [-0.3, -0.25) is 14.5 Å². The molecule has 5 heteroatoms. The lowest BCUT2D eigenvalue weighted by molar-refractivity contribution is -0.154. The van der Waals surface area contributed by atoms with Gasteiger partial charge in [-0.05, 0) is 24.0 Å². The fourth-order valence-electron chi connectivity index (χ4n) is 3.44. The summed E-state index contributed by atoms with van der Waals surface area (Å²) in [6.45, 7) is 8.92. The highest BCUT2D eigenvalue weighted by Gasteiger charge is 2.44. The second-order valence-corrected chi connectivity index (χ2v) is 6.94. The number of amides is 2. The van der Waals surface area contributed by atoms with E-state index in [1.807, 2.05) is 26.0 Å². The molecule has 0 aliphatic carbocycles. The Morgan fingerprint density at radius 1 is 1.22 bits per heavy atom. The van der Waals surface area contributed by atoms with Crippen LogP contribution in [0.15, 0.2) is 24.3 Å². The molecule has 5 nitrogen and oxygen atoms in total. The van der Waals surface area contributed by atoms with Crippen molar-refractivity contribution in [1.82, 2.24) is 15.1 Å². The summed E-state index contributed by atoms with van der Waals surface area (Å²) >= 11 is 0. The first-order chi connectivity index (χ1) is 11.0. The highest BCUT2D eigenvalue weighted by Crippen LogP contribution is 2.21. The van der Waals surface area contributed by atoms with Gasteiger partial charge in [0.25, 0.3) is 0 Å². The van der Waals surface area contributed by atoms with Gasteiger partial charge in [0.05, 0.1) is 0 Å². The van der Waals surface area contributed by atoms with E-state index in [1.54, 1.807) is 4.90 Å². The van der Waals surface area contributed by atoms with Crippen LogP contribution < -0.4 is 5.32 Å². The number of nitrogens with one attached hydrogen (secondary N) is 1. The minimum Gasteiger partial charge on any atom is -0.342 e. The fraction of sp³-hybridized carbons (Fsp3) is 0.556. The van der Waals surface area contributed by atoms with Gasteiger partial charge in [0.1, 0.15) is 12.1 Å². The summed E-state index contributed by atoms with van der Waals surface area (Å²) in [7, 11) is 0. The number of fused-ring (bicyclic) bond motifs is 1. The van der Waals surface area contributed by atoms with Crippen LogP contribution >= 0.6 is 0 Å². The van der Waals surface area contributed by atoms with Crippen molar-refractivity contribution in [3.05, 3.63) is 35.4 Å². The van der Waals surface area contributed by atoms with Crippen molar-refractivity contribution in [2.24, 2.45) is 5.92 Å². The maximum atomic E-state index is 12.6. The molecule has 0 unspecified atom stereocenters. The summed E-state index contributed by atoms with van der Waals surface area (Å²) in [6, 6.07) is 7.59. The van der Waals surface area contributed by atoms with Crippen molar-refractivity contribution in [2.75, 3.05) is 19.6 Å². The molecular weight excluding hydrogens is 290 g/mol. The molecule has 124 valence electrons. The molecule has 0 radical (unpaired) electrons. The zero-order valence-electron chi connectivity index (χ0n) is 14.1. The Balaban J connectivity index is 1.70. The average molecular weight is 315 g/mol. The number of carbonyl (C=O) groups is 2. The predicted molar refractivity (Wildman–Crippen MR) is 88.7 cm³/mol. The fourth-order valence-corrected chi connectivity index (χ4v) is 3.44. The van der Waals surface area contributed by atoms with Gasteiger partial charge in [0.15, 0.2) is 0 Å². The van der Waals surface area contributed by atoms with Gasteiger partial charge in [-0.15, -0.1) is 0 Å². The molecule has 2 atom stereocenters. The molecular formula is C18H25N3O2. The smallest absolute Gasteiger partial charge is 0.246 e. The van der Waals surface area contributed by atoms with Crippen molar-refractivity contribution in [2.45, 2.75) is 39.4 Å². The third-order valence-electron chi connectivity index (χ3n) is 4.94. The SMILES string of the molecule is Cc1ccccc1CN1CCN2C(=O)[C@H](C(C)C)NC(=O)[C@H]2C1. The van der Waals surface area contributed by atoms with Gasteiger partial charge < -0.3 is 10.2 Å². The van der Waals surface area contributed by atoms with E-state index in [-0.39, 0.29) is 29.8 Å². The van der Waals surface area contributed by atoms with Crippen molar-refractivity contribution in [3.8, 4) is 0 Å². The Morgan fingerprint density at radius 2 is 1.96 bits per heavy atom. The van der Waals surface area contributed by atoms with Crippen LogP contribution in [0, 0.1) is 12.8 Å². The van der Waals surface area contributed by atoms with Gasteiger partial charge in [-0.25, -0.2) is 0 Å². The van der Waals surface area contributed by atoms with E-state index in [0.717, 1.165) is 13.1 Å². The number of hydrogen-bond acceptors (Lipinski definition) is 3. The van der Waals surface area contributed by atoms with Crippen LogP contribution in [0.4, 0.5) is 0 Å². The van der Waals surface area contributed by atoms with Crippen molar-refractivity contribution < 1.29 is 9.59 Å². The molecule has 2 aliphatic rings. The Hall–Kier alpha value is -1.88. The highest BCUT2D eigenvalue weighted by molar-refractivity contribution is 5.97. The molecule has 2 saturated heterocycles.